The van der Waals surface area contributed by atoms with E-state index in [9.17, 15) is 13.2 Å². The Labute approximate surface area is 184 Å². The van der Waals surface area contributed by atoms with Gasteiger partial charge in [-0.05, 0) is 31.9 Å². The van der Waals surface area contributed by atoms with Crippen LogP contribution in [0.1, 0.15) is 39.7 Å². The van der Waals surface area contributed by atoms with Crippen molar-refractivity contribution in [3.63, 3.8) is 0 Å². The summed E-state index contributed by atoms with van der Waals surface area (Å²) in [6.07, 6.45) is -5.08. The van der Waals surface area contributed by atoms with E-state index in [0.29, 0.717) is 0 Å². The summed E-state index contributed by atoms with van der Waals surface area (Å²) in [4.78, 5) is 17.4. The van der Waals surface area contributed by atoms with Gasteiger partial charge in [-0.1, -0.05) is 24.3 Å². The van der Waals surface area contributed by atoms with Gasteiger partial charge in [0.1, 0.15) is 0 Å². The maximum atomic E-state index is 10.6. The van der Waals surface area contributed by atoms with Gasteiger partial charge in [0, 0.05) is 50.2 Å². The Morgan fingerprint density at radius 1 is 1.23 bits per heavy atom. The molecule has 0 bridgehead atoms. The Morgan fingerprint density at radius 2 is 1.77 bits per heavy atom. The summed E-state index contributed by atoms with van der Waals surface area (Å²) in [6, 6.07) is 9.31. The zero-order chi connectivity index (χ0) is 23.0. The van der Waals surface area contributed by atoms with E-state index in [-0.39, 0.29) is 6.04 Å². The summed E-state index contributed by atoms with van der Waals surface area (Å²) in [7, 11) is 0. The number of halogens is 3. The molecule has 0 aliphatic carbocycles. The minimum Gasteiger partial charge on any atom is -0.475 e. The zero-order valence-corrected chi connectivity index (χ0v) is 18.7. The lowest BCUT2D eigenvalue weighted by Gasteiger charge is -2.27. The number of nitrogens with one attached hydrogen (secondary N) is 2. The Bertz CT molecular complexity index is 834. The third kappa shape index (κ3) is 8.56. The third-order valence-corrected chi connectivity index (χ3v) is 5.75. The van der Waals surface area contributed by atoms with Crippen molar-refractivity contribution in [3.8, 4) is 0 Å². The molecule has 1 fully saturated rings. The Hall–Kier alpha value is -2.01. The highest BCUT2D eigenvalue weighted by atomic mass is 32.1. The fraction of sp³-hybridized carbons (Fsp3) is 0.524. The number of nitrogens with zero attached hydrogens (tertiary/aromatic N) is 2. The number of carboxylic acid groups (broad SMARTS) is 1. The van der Waals surface area contributed by atoms with Gasteiger partial charge in [-0.3, -0.25) is 4.90 Å². The van der Waals surface area contributed by atoms with E-state index in [0.717, 1.165) is 44.3 Å². The van der Waals surface area contributed by atoms with Crippen molar-refractivity contribution in [1.82, 2.24) is 20.5 Å². The van der Waals surface area contributed by atoms with Gasteiger partial charge in [0.25, 0.3) is 0 Å². The largest absolute Gasteiger partial charge is 0.490 e. The van der Waals surface area contributed by atoms with Gasteiger partial charge in [0.15, 0.2) is 0 Å². The summed E-state index contributed by atoms with van der Waals surface area (Å²) in [5, 5.41) is 15.3. The Morgan fingerprint density at radius 3 is 2.26 bits per heavy atom. The van der Waals surface area contributed by atoms with Gasteiger partial charge in [-0.2, -0.15) is 13.2 Å². The molecule has 172 valence electrons. The molecular formula is C21H29F3N4O2S. The first-order valence-corrected chi connectivity index (χ1v) is 10.9. The first-order valence-electron chi connectivity index (χ1n) is 10.0. The van der Waals surface area contributed by atoms with Gasteiger partial charge in [0.05, 0.1) is 10.7 Å². The molecule has 1 aliphatic heterocycles. The standard InChI is InChI=1S/C19H28N4S.C2HF3O2/c1-14(19-15(2)24-16(3)22-19)21-12-17-4-6-18(7-5-17)13-23-10-8-20-9-11-23;3-2(4,5)1(6)7/h4-7,14,20-21H,8-13H2,1-3H3;(H,6,7). The van der Waals surface area contributed by atoms with Crippen molar-refractivity contribution in [2.75, 3.05) is 26.2 Å². The predicted octanol–water partition coefficient (Wildman–Crippen LogP) is 3.65. The first-order chi connectivity index (χ1) is 14.6. The zero-order valence-electron chi connectivity index (χ0n) is 17.9. The molecule has 2 aromatic rings. The van der Waals surface area contributed by atoms with Gasteiger partial charge in [0.2, 0.25) is 0 Å². The summed E-state index contributed by atoms with van der Waals surface area (Å²) in [5.74, 6) is -2.76. The van der Waals surface area contributed by atoms with E-state index in [1.807, 2.05) is 0 Å². The Kier molecular flexibility index (Phi) is 9.42. The van der Waals surface area contributed by atoms with E-state index in [1.165, 1.54) is 21.7 Å². The van der Waals surface area contributed by atoms with Crippen molar-refractivity contribution in [3.05, 3.63) is 51.0 Å². The van der Waals surface area contributed by atoms with Crippen molar-refractivity contribution in [1.29, 1.82) is 0 Å². The third-order valence-electron chi connectivity index (χ3n) is 4.84. The molecule has 1 aliphatic rings. The van der Waals surface area contributed by atoms with Crippen molar-refractivity contribution < 1.29 is 23.1 Å². The summed E-state index contributed by atoms with van der Waals surface area (Å²) in [5.41, 5.74) is 3.92. The fourth-order valence-electron chi connectivity index (χ4n) is 3.20. The fourth-order valence-corrected chi connectivity index (χ4v) is 4.12. The van der Waals surface area contributed by atoms with Crippen LogP contribution in [-0.4, -0.2) is 53.3 Å². The second kappa shape index (κ2) is 11.6. The number of aliphatic carboxylic acids is 1. The van der Waals surface area contributed by atoms with Crippen molar-refractivity contribution in [2.45, 2.75) is 46.1 Å². The number of alkyl halides is 3. The molecule has 0 amide bonds. The van der Waals surface area contributed by atoms with Crippen LogP contribution >= 0.6 is 11.3 Å². The minimum atomic E-state index is -5.08. The van der Waals surface area contributed by atoms with Gasteiger partial charge in [-0.15, -0.1) is 11.3 Å². The normalized spacial score (nSPS) is 15.8. The van der Waals surface area contributed by atoms with Crippen LogP contribution < -0.4 is 10.6 Å². The maximum Gasteiger partial charge on any atom is 0.490 e. The molecule has 31 heavy (non-hydrogen) atoms. The topological polar surface area (TPSA) is 77.5 Å². The summed E-state index contributed by atoms with van der Waals surface area (Å²) < 4.78 is 31.7. The number of thiazole rings is 1. The molecule has 3 rings (SSSR count). The number of hydrogen-bond donors (Lipinski definition) is 3. The second-order valence-corrected chi connectivity index (χ2v) is 8.83. The van der Waals surface area contributed by atoms with E-state index in [2.05, 4.69) is 65.6 Å². The first kappa shape index (κ1) is 25.3. The maximum absolute atomic E-state index is 10.6. The molecule has 0 radical (unpaired) electrons. The number of rotatable bonds is 6. The number of hydrogen-bond acceptors (Lipinski definition) is 6. The van der Waals surface area contributed by atoms with Crippen LogP contribution in [0.5, 0.6) is 0 Å². The monoisotopic (exact) mass is 458 g/mol. The highest BCUT2D eigenvalue weighted by Crippen LogP contribution is 2.22. The highest BCUT2D eigenvalue weighted by Gasteiger charge is 2.38. The Balaban J connectivity index is 0.000000423. The van der Waals surface area contributed by atoms with E-state index in [4.69, 9.17) is 9.90 Å². The minimum absolute atomic E-state index is 0.287. The molecule has 1 aromatic heterocycles. The number of piperazine rings is 1. The lowest BCUT2D eigenvalue weighted by molar-refractivity contribution is -0.192. The van der Waals surface area contributed by atoms with E-state index < -0.39 is 12.1 Å². The molecule has 0 spiro atoms. The van der Waals surface area contributed by atoms with Crippen LogP contribution in [0, 0.1) is 13.8 Å². The number of carboxylic acids is 1. The van der Waals surface area contributed by atoms with Gasteiger partial charge < -0.3 is 15.7 Å². The van der Waals surface area contributed by atoms with E-state index >= 15 is 0 Å². The summed E-state index contributed by atoms with van der Waals surface area (Å²) >= 11 is 1.78. The van der Waals surface area contributed by atoms with Crippen LogP contribution in [0.4, 0.5) is 13.2 Å². The van der Waals surface area contributed by atoms with Crippen LogP contribution in [-0.2, 0) is 17.9 Å². The molecule has 6 nitrogen and oxygen atoms in total. The molecule has 10 heteroatoms. The lowest BCUT2D eigenvalue weighted by Crippen LogP contribution is -2.42. The second-order valence-electron chi connectivity index (χ2n) is 7.42. The van der Waals surface area contributed by atoms with Crippen LogP contribution in [0.3, 0.4) is 0 Å². The molecule has 1 unspecified atom stereocenters. The highest BCUT2D eigenvalue weighted by molar-refractivity contribution is 7.11. The molecule has 1 saturated heterocycles. The number of aromatic nitrogens is 1. The van der Waals surface area contributed by atoms with Gasteiger partial charge in [-0.25, -0.2) is 9.78 Å². The average Bonchev–Trinajstić information content (AvgIpc) is 3.06. The molecule has 1 aromatic carbocycles. The predicted molar refractivity (Wildman–Crippen MR) is 115 cm³/mol. The molecule has 2 heterocycles. The molecular weight excluding hydrogens is 429 g/mol. The average molecular weight is 459 g/mol. The quantitative estimate of drug-likeness (QED) is 0.614. The van der Waals surface area contributed by atoms with E-state index in [1.54, 1.807) is 11.3 Å². The van der Waals surface area contributed by atoms with Crippen molar-refractivity contribution >= 4 is 17.3 Å². The number of carbonyl (C=O) groups is 1. The molecule has 3 N–H and O–H groups in total. The van der Waals surface area contributed by atoms with Crippen LogP contribution in [0.25, 0.3) is 0 Å². The van der Waals surface area contributed by atoms with Crippen LogP contribution in [0.15, 0.2) is 24.3 Å². The van der Waals surface area contributed by atoms with Gasteiger partial charge >= 0.3 is 12.1 Å². The van der Waals surface area contributed by atoms with Crippen molar-refractivity contribution in [2.24, 2.45) is 0 Å². The van der Waals surface area contributed by atoms with Crippen LogP contribution in [0.2, 0.25) is 0 Å². The molecule has 0 saturated carbocycles. The summed E-state index contributed by atoms with van der Waals surface area (Å²) in [6.45, 7) is 12.9. The SMILES string of the molecule is Cc1nc(C(C)NCc2ccc(CN3CCNCC3)cc2)c(C)s1.O=C(O)C(F)(F)F. The molecule has 1 atom stereocenters. The number of aryl methyl sites for hydroxylation is 2. The smallest absolute Gasteiger partial charge is 0.475 e. The number of benzene rings is 1. The lowest BCUT2D eigenvalue weighted by atomic mass is 10.1.